The van der Waals surface area contributed by atoms with Crippen molar-refractivity contribution in [2.24, 2.45) is 0 Å². The maximum absolute atomic E-state index is 13.2. The normalized spacial score (nSPS) is 15.5. The molecule has 0 bridgehead atoms. The van der Waals surface area contributed by atoms with Crippen molar-refractivity contribution in [1.82, 2.24) is 14.9 Å². The minimum absolute atomic E-state index is 0.0220. The number of amides is 1. The molecule has 3 rings (SSSR count). The molecule has 1 aromatic heterocycles. The van der Waals surface area contributed by atoms with Gasteiger partial charge in [0.2, 0.25) is 5.91 Å². The standard InChI is InChI=1S/C17H16F3N3O3/c1-9(10-4-2-3-5-12(10)17(18,19)20)15(25)23-7-6-11-13(8-23)21-16(26)22-14(11)24/h2-5,9H,6-8H2,1H3,(H2,21,22,24,26). The van der Waals surface area contributed by atoms with E-state index in [-0.39, 0.29) is 25.1 Å². The Morgan fingerprint density at radius 2 is 1.88 bits per heavy atom. The Kier molecular flexibility index (Phi) is 4.47. The lowest BCUT2D eigenvalue weighted by molar-refractivity contribution is -0.139. The van der Waals surface area contributed by atoms with Crippen LogP contribution in [0.2, 0.25) is 0 Å². The predicted molar refractivity (Wildman–Crippen MR) is 86.7 cm³/mol. The van der Waals surface area contributed by atoms with E-state index in [1.165, 1.54) is 30.0 Å². The number of hydrogen-bond donors (Lipinski definition) is 2. The highest BCUT2D eigenvalue weighted by atomic mass is 19.4. The topological polar surface area (TPSA) is 86.0 Å². The number of nitrogens with one attached hydrogen (secondary N) is 2. The number of H-pyrrole nitrogens is 2. The van der Waals surface area contributed by atoms with E-state index in [0.29, 0.717) is 11.3 Å². The molecule has 0 saturated heterocycles. The van der Waals surface area contributed by atoms with Gasteiger partial charge in [0.1, 0.15) is 0 Å². The molecule has 1 amide bonds. The van der Waals surface area contributed by atoms with Gasteiger partial charge in [0.15, 0.2) is 0 Å². The van der Waals surface area contributed by atoms with Gasteiger partial charge in [-0.25, -0.2) is 4.79 Å². The molecule has 138 valence electrons. The lowest BCUT2D eigenvalue weighted by Gasteiger charge is -2.30. The molecule has 9 heteroatoms. The van der Waals surface area contributed by atoms with E-state index < -0.39 is 34.8 Å². The second kappa shape index (κ2) is 6.47. The van der Waals surface area contributed by atoms with E-state index in [9.17, 15) is 27.6 Å². The Morgan fingerprint density at radius 3 is 2.58 bits per heavy atom. The third-order valence-corrected chi connectivity index (χ3v) is 4.53. The van der Waals surface area contributed by atoms with Gasteiger partial charge in [0.05, 0.1) is 18.0 Å². The lowest BCUT2D eigenvalue weighted by Crippen LogP contribution is -2.42. The average molecular weight is 367 g/mol. The summed E-state index contributed by atoms with van der Waals surface area (Å²) in [5.74, 6) is -1.50. The zero-order valence-electron chi connectivity index (χ0n) is 13.8. The zero-order valence-corrected chi connectivity index (χ0v) is 13.8. The fourth-order valence-corrected chi connectivity index (χ4v) is 3.20. The third kappa shape index (κ3) is 3.29. The van der Waals surface area contributed by atoms with Crippen LogP contribution in [0, 0.1) is 0 Å². The molecule has 1 unspecified atom stereocenters. The van der Waals surface area contributed by atoms with Crippen molar-refractivity contribution in [3.05, 3.63) is 67.5 Å². The SMILES string of the molecule is CC(C(=O)N1CCc2c([nH]c(=O)[nH]c2=O)C1)c1ccccc1C(F)(F)F. The molecule has 2 heterocycles. The number of benzene rings is 1. The summed E-state index contributed by atoms with van der Waals surface area (Å²) in [6.07, 6.45) is -4.33. The summed E-state index contributed by atoms with van der Waals surface area (Å²) in [6, 6.07) is 4.96. The van der Waals surface area contributed by atoms with Gasteiger partial charge in [-0.3, -0.25) is 14.6 Å². The van der Waals surface area contributed by atoms with E-state index in [4.69, 9.17) is 0 Å². The fraction of sp³-hybridized carbons (Fsp3) is 0.353. The number of hydrogen-bond acceptors (Lipinski definition) is 3. The van der Waals surface area contributed by atoms with Crippen LogP contribution in [0.25, 0.3) is 0 Å². The van der Waals surface area contributed by atoms with Crippen LogP contribution >= 0.6 is 0 Å². The van der Waals surface area contributed by atoms with Gasteiger partial charge in [-0.05, 0) is 25.0 Å². The summed E-state index contributed by atoms with van der Waals surface area (Å²) in [7, 11) is 0. The molecular weight excluding hydrogens is 351 g/mol. The lowest BCUT2D eigenvalue weighted by atomic mass is 9.93. The Hall–Kier alpha value is -2.84. The van der Waals surface area contributed by atoms with Crippen molar-refractivity contribution in [2.45, 2.75) is 32.0 Å². The maximum atomic E-state index is 13.2. The van der Waals surface area contributed by atoms with Crippen LogP contribution < -0.4 is 11.2 Å². The molecule has 0 radical (unpaired) electrons. The smallest absolute Gasteiger partial charge is 0.336 e. The first-order chi connectivity index (χ1) is 12.2. The van der Waals surface area contributed by atoms with Crippen LogP contribution in [-0.2, 0) is 23.9 Å². The summed E-state index contributed by atoms with van der Waals surface area (Å²) in [6.45, 7) is 1.59. The number of aromatic amines is 2. The Morgan fingerprint density at radius 1 is 1.19 bits per heavy atom. The van der Waals surface area contributed by atoms with Crippen LogP contribution in [0.15, 0.2) is 33.9 Å². The largest absolute Gasteiger partial charge is 0.416 e. The zero-order chi connectivity index (χ0) is 19.1. The van der Waals surface area contributed by atoms with Crippen LogP contribution in [0.1, 0.15) is 35.2 Å². The Balaban J connectivity index is 1.89. The highest BCUT2D eigenvalue weighted by Gasteiger charge is 2.36. The quantitative estimate of drug-likeness (QED) is 0.848. The minimum Gasteiger partial charge on any atom is -0.336 e. The number of carbonyl (C=O) groups excluding carboxylic acids is 1. The molecule has 0 saturated carbocycles. The van der Waals surface area contributed by atoms with E-state index in [2.05, 4.69) is 9.97 Å². The number of alkyl halides is 3. The summed E-state index contributed by atoms with van der Waals surface area (Å²) < 4.78 is 39.6. The van der Waals surface area contributed by atoms with Crippen molar-refractivity contribution in [3.63, 3.8) is 0 Å². The highest BCUT2D eigenvalue weighted by Crippen LogP contribution is 2.35. The minimum atomic E-state index is -4.56. The first-order valence-electron chi connectivity index (χ1n) is 7.97. The number of nitrogens with zero attached hydrogens (tertiary/aromatic N) is 1. The molecule has 6 nitrogen and oxygen atoms in total. The highest BCUT2D eigenvalue weighted by molar-refractivity contribution is 5.84. The summed E-state index contributed by atoms with van der Waals surface area (Å²) >= 11 is 0. The molecule has 1 aromatic carbocycles. The van der Waals surface area contributed by atoms with Gasteiger partial charge in [0.25, 0.3) is 5.56 Å². The second-order valence-corrected chi connectivity index (χ2v) is 6.18. The Labute approximate surface area is 145 Å². The Bertz CT molecular complexity index is 962. The maximum Gasteiger partial charge on any atom is 0.416 e. The van der Waals surface area contributed by atoms with Crippen molar-refractivity contribution in [2.75, 3.05) is 6.54 Å². The van der Waals surface area contributed by atoms with Crippen molar-refractivity contribution in [1.29, 1.82) is 0 Å². The summed E-state index contributed by atoms with van der Waals surface area (Å²) in [5.41, 5.74) is -1.44. The molecule has 0 fully saturated rings. The van der Waals surface area contributed by atoms with Gasteiger partial charge in [-0.1, -0.05) is 18.2 Å². The van der Waals surface area contributed by atoms with Crippen LogP contribution in [0.4, 0.5) is 13.2 Å². The van der Waals surface area contributed by atoms with Gasteiger partial charge in [-0.2, -0.15) is 13.2 Å². The molecular formula is C17H16F3N3O3. The van der Waals surface area contributed by atoms with Gasteiger partial charge < -0.3 is 9.88 Å². The molecule has 0 aliphatic carbocycles. The molecule has 1 atom stereocenters. The number of carbonyl (C=O) groups is 1. The van der Waals surface area contributed by atoms with E-state index in [1.807, 2.05) is 0 Å². The number of halogens is 3. The van der Waals surface area contributed by atoms with Crippen LogP contribution in [0.3, 0.4) is 0 Å². The number of aromatic nitrogens is 2. The second-order valence-electron chi connectivity index (χ2n) is 6.18. The van der Waals surface area contributed by atoms with Crippen LogP contribution in [-0.4, -0.2) is 27.3 Å². The average Bonchev–Trinajstić information content (AvgIpc) is 2.59. The molecule has 0 spiro atoms. The summed E-state index contributed by atoms with van der Waals surface area (Å²) in [5, 5.41) is 0. The molecule has 26 heavy (non-hydrogen) atoms. The van der Waals surface area contributed by atoms with Gasteiger partial charge in [-0.15, -0.1) is 0 Å². The molecule has 2 N–H and O–H groups in total. The molecule has 1 aliphatic rings. The predicted octanol–water partition coefficient (Wildman–Crippen LogP) is 1.77. The van der Waals surface area contributed by atoms with E-state index >= 15 is 0 Å². The van der Waals surface area contributed by atoms with Gasteiger partial charge >= 0.3 is 11.9 Å². The number of rotatable bonds is 2. The van der Waals surface area contributed by atoms with Crippen molar-refractivity contribution in [3.8, 4) is 0 Å². The van der Waals surface area contributed by atoms with Crippen molar-refractivity contribution < 1.29 is 18.0 Å². The number of fused-ring (bicyclic) bond motifs is 1. The van der Waals surface area contributed by atoms with E-state index in [1.54, 1.807) is 0 Å². The van der Waals surface area contributed by atoms with Crippen LogP contribution in [0.5, 0.6) is 0 Å². The molecule has 2 aromatic rings. The first-order valence-corrected chi connectivity index (χ1v) is 7.97. The third-order valence-electron chi connectivity index (χ3n) is 4.53. The fourth-order valence-electron chi connectivity index (χ4n) is 3.20. The first kappa shape index (κ1) is 18.0. The van der Waals surface area contributed by atoms with Gasteiger partial charge in [0, 0.05) is 17.8 Å². The summed E-state index contributed by atoms with van der Waals surface area (Å²) in [4.78, 5) is 41.9. The van der Waals surface area contributed by atoms with Crippen molar-refractivity contribution >= 4 is 5.91 Å². The van der Waals surface area contributed by atoms with E-state index in [0.717, 1.165) is 6.07 Å². The monoisotopic (exact) mass is 367 g/mol. The molecule has 1 aliphatic heterocycles.